The van der Waals surface area contributed by atoms with Crippen molar-refractivity contribution in [2.75, 3.05) is 44.9 Å². The van der Waals surface area contributed by atoms with Gasteiger partial charge in [-0.15, -0.1) is 0 Å². The minimum Gasteiger partial charge on any atom is -0.496 e. The molecule has 1 aliphatic heterocycles. The Morgan fingerprint density at radius 3 is 2.70 bits per heavy atom. The van der Waals surface area contributed by atoms with Crippen LogP contribution >= 0.6 is 0 Å². The summed E-state index contributed by atoms with van der Waals surface area (Å²) in [7, 11) is 1.51. The molecule has 8 nitrogen and oxygen atoms in total. The molecule has 0 unspecified atom stereocenters. The molecule has 3 aromatic rings. The molecule has 0 spiro atoms. The average Bonchev–Trinajstić information content (AvgIpc) is 2.88. The number of anilines is 1. The van der Waals surface area contributed by atoms with Crippen molar-refractivity contribution in [2.45, 2.75) is 6.42 Å². The predicted molar refractivity (Wildman–Crippen MR) is 124 cm³/mol. The minimum absolute atomic E-state index is 0.0631. The standard InChI is InChI=1S/C25H25N5O3/c1-32-23-17-19(4-7-21(23)25(31)28-11-9-26)22-8-10-27-24(29-22)16-18-2-5-20(6-3-18)30-12-14-33-15-13-30/h2-8,10,17H,11-16H2,1H3,(H,28,31). The van der Waals surface area contributed by atoms with Crippen LogP contribution in [0.2, 0.25) is 0 Å². The summed E-state index contributed by atoms with van der Waals surface area (Å²) in [5, 5.41) is 11.2. The van der Waals surface area contributed by atoms with E-state index in [2.05, 4.69) is 39.5 Å². The van der Waals surface area contributed by atoms with Crippen LogP contribution in [0.1, 0.15) is 21.7 Å². The fraction of sp³-hybridized carbons (Fsp3) is 0.280. The fourth-order valence-corrected chi connectivity index (χ4v) is 3.73. The van der Waals surface area contributed by atoms with E-state index in [1.807, 2.05) is 18.2 Å². The highest BCUT2D eigenvalue weighted by atomic mass is 16.5. The molecular formula is C25H25N5O3. The lowest BCUT2D eigenvalue weighted by molar-refractivity contribution is 0.0955. The topological polar surface area (TPSA) is 100 Å². The number of methoxy groups -OCH3 is 1. The van der Waals surface area contributed by atoms with Gasteiger partial charge in [0.15, 0.2) is 0 Å². The third-order valence-corrected chi connectivity index (χ3v) is 5.45. The summed E-state index contributed by atoms with van der Waals surface area (Å²) >= 11 is 0. The molecule has 0 atom stereocenters. The molecule has 4 rings (SSSR count). The van der Waals surface area contributed by atoms with Gasteiger partial charge in [0, 0.05) is 37.0 Å². The van der Waals surface area contributed by atoms with E-state index in [9.17, 15) is 4.79 Å². The number of nitrogens with zero attached hydrogens (tertiary/aromatic N) is 4. The van der Waals surface area contributed by atoms with Crippen LogP contribution in [0.4, 0.5) is 5.69 Å². The van der Waals surface area contributed by atoms with Gasteiger partial charge in [-0.05, 0) is 35.9 Å². The number of carbonyl (C=O) groups is 1. The largest absolute Gasteiger partial charge is 0.496 e. The molecule has 0 radical (unpaired) electrons. The number of rotatable bonds is 7. The molecule has 1 N–H and O–H groups in total. The zero-order valence-corrected chi connectivity index (χ0v) is 18.5. The van der Waals surface area contributed by atoms with Gasteiger partial charge >= 0.3 is 0 Å². The van der Waals surface area contributed by atoms with Gasteiger partial charge in [-0.1, -0.05) is 18.2 Å². The molecule has 1 fully saturated rings. The van der Waals surface area contributed by atoms with Crippen molar-refractivity contribution in [3.8, 4) is 23.1 Å². The lowest BCUT2D eigenvalue weighted by Gasteiger charge is -2.28. The number of benzene rings is 2. The van der Waals surface area contributed by atoms with Crippen molar-refractivity contribution in [3.63, 3.8) is 0 Å². The number of nitriles is 1. The first-order valence-corrected chi connectivity index (χ1v) is 10.7. The number of morpholine rings is 1. The molecule has 2 heterocycles. The first-order chi connectivity index (χ1) is 16.2. The molecule has 1 aliphatic rings. The summed E-state index contributed by atoms with van der Waals surface area (Å²) in [6, 6.07) is 17.5. The van der Waals surface area contributed by atoms with Gasteiger partial charge in [-0.25, -0.2) is 9.97 Å². The number of hydrogen-bond donors (Lipinski definition) is 1. The van der Waals surface area contributed by atoms with Gasteiger partial charge in [0.2, 0.25) is 0 Å². The Balaban J connectivity index is 1.49. The van der Waals surface area contributed by atoms with Crippen LogP contribution in [0.5, 0.6) is 5.75 Å². The van der Waals surface area contributed by atoms with Crippen molar-refractivity contribution in [3.05, 3.63) is 71.7 Å². The van der Waals surface area contributed by atoms with Gasteiger partial charge in [-0.3, -0.25) is 4.79 Å². The van der Waals surface area contributed by atoms with Crippen LogP contribution in [0.15, 0.2) is 54.7 Å². The second-order valence-electron chi connectivity index (χ2n) is 7.56. The van der Waals surface area contributed by atoms with E-state index < -0.39 is 0 Å². The van der Waals surface area contributed by atoms with Crippen LogP contribution in [0, 0.1) is 11.3 Å². The Hall–Kier alpha value is -3.96. The van der Waals surface area contributed by atoms with Crippen LogP contribution in [-0.2, 0) is 11.2 Å². The molecule has 0 bridgehead atoms. The Kier molecular flexibility index (Phi) is 7.12. The lowest BCUT2D eigenvalue weighted by Crippen LogP contribution is -2.36. The summed E-state index contributed by atoms with van der Waals surface area (Å²) in [5.74, 6) is 0.770. The molecule has 1 amide bonds. The Morgan fingerprint density at radius 2 is 1.97 bits per heavy atom. The average molecular weight is 444 g/mol. The van der Waals surface area contributed by atoms with E-state index >= 15 is 0 Å². The lowest BCUT2D eigenvalue weighted by atomic mass is 10.1. The number of aromatic nitrogens is 2. The molecular weight excluding hydrogens is 418 g/mol. The van der Waals surface area contributed by atoms with E-state index in [1.54, 1.807) is 18.3 Å². The highest BCUT2D eigenvalue weighted by Crippen LogP contribution is 2.26. The number of carbonyl (C=O) groups excluding carboxylic acids is 1. The zero-order valence-electron chi connectivity index (χ0n) is 18.5. The van der Waals surface area contributed by atoms with Crippen LogP contribution in [-0.4, -0.2) is 55.8 Å². The quantitative estimate of drug-likeness (QED) is 0.561. The number of amides is 1. The summed E-state index contributed by atoms with van der Waals surface area (Å²) < 4.78 is 10.8. The molecule has 1 saturated heterocycles. The predicted octanol–water partition coefficient (Wildman–Crippen LogP) is 2.83. The van der Waals surface area contributed by atoms with E-state index in [0.717, 1.165) is 43.1 Å². The Morgan fingerprint density at radius 1 is 1.18 bits per heavy atom. The summed E-state index contributed by atoms with van der Waals surface area (Å²) in [5.41, 5.74) is 4.25. The van der Waals surface area contributed by atoms with Gasteiger partial charge < -0.3 is 19.7 Å². The highest BCUT2D eigenvalue weighted by molar-refractivity contribution is 5.97. The first-order valence-electron chi connectivity index (χ1n) is 10.7. The van der Waals surface area contributed by atoms with E-state index in [0.29, 0.717) is 23.6 Å². The zero-order chi connectivity index (χ0) is 23.0. The number of ether oxygens (including phenoxy) is 2. The van der Waals surface area contributed by atoms with Gasteiger partial charge in [0.05, 0.1) is 37.7 Å². The third-order valence-electron chi connectivity index (χ3n) is 5.45. The number of nitrogens with one attached hydrogen (secondary N) is 1. The Labute approximate surface area is 192 Å². The summed E-state index contributed by atoms with van der Waals surface area (Å²) in [6.07, 6.45) is 2.35. The second-order valence-corrected chi connectivity index (χ2v) is 7.56. The maximum Gasteiger partial charge on any atom is 0.255 e. The second kappa shape index (κ2) is 10.6. The van der Waals surface area contributed by atoms with Crippen LogP contribution in [0.3, 0.4) is 0 Å². The van der Waals surface area contributed by atoms with Crippen molar-refractivity contribution in [2.24, 2.45) is 0 Å². The van der Waals surface area contributed by atoms with Gasteiger partial charge in [0.25, 0.3) is 5.91 Å². The molecule has 33 heavy (non-hydrogen) atoms. The van der Waals surface area contributed by atoms with E-state index in [1.165, 1.54) is 12.8 Å². The van der Waals surface area contributed by atoms with Crippen molar-refractivity contribution >= 4 is 11.6 Å². The molecule has 168 valence electrons. The molecule has 1 aromatic heterocycles. The number of hydrogen-bond acceptors (Lipinski definition) is 7. The highest BCUT2D eigenvalue weighted by Gasteiger charge is 2.14. The smallest absolute Gasteiger partial charge is 0.255 e. The van der Waals surface area contributed by atoms with Crippen molar-refractivity contribution < 1.29 is 14.3 Å². The monoisotopic (exact) mass is 443 g/mol. The van der Waals surface area contributed by atoms with Crippen LogP contribution in [0.25, 0.3) is 11.3 Å². The SMILES string of the molecule is COc1cc(-c2ccnc(Cc3ccc(N4CCOCC4)cc3)n2)ccc1C(=O)NCC#N. The maximum atomic E-state index is 12.2. The molecule has 8 heteroatoms. The van der Waals surface area contributed by atoms with Crippen molar-refractivity contribution in [1.29, 1.82) is 5.26 Å². The first kappa shape index (κ1) is 22.2. The van der Waals surface area contributed by atoms with Gasteiger partial charge in [0.1, 0.15) is 18.1 Å². The summed E-state index contributed by atoms with van der Waals surface area (Å²) in [6.45, 7) is 3.28. The van der Waals surface area contributed by atoms with E-state index in [4.69, 9.17) is 19.7 Å². The normalized spacial score (nSPS) is 13.3. The fourth-order valence-electron chi connectivity index (χ4n) is 3.73. The minimum atomic E-state index is -0.358. The van der Waals surface area contributed by atoms with Gasteiger partial charge in [-0.2, -0.15) is 5.26 Å². The van der Waals surface area contributed by atoms with Crippen molar-refractivity contribution in [1.82, 2.24) is 15.3 Å². The molecule has 0 aliphatic carbocycles. The molecule has 2 aromatic carbocycles. The molecule has 0 saturated carbocycles. The Bertz CT molecular complexity index is 1150. The maximum absolute atomic E-state index is 12.2. The van der Waals surface area contributed by atoms with Crippen LogP contribution < -0.4 is 15.0 Å². The third kappa shape index (κ3) is 5.45. The summed E-state index contributed by atoms with van der Waals surface area (Å²) in [4.78, 5) is 23.7. The van der Waals surface area contributed by atoms with E-state index in [-0.39, 0.29) is 12.5 Å².